The largest absolute Gasteiger partial charge is 0.506 e. The summed E-state index contributed by atoms with van der Waals surface area (Å²) in [5.41, 5.74) is -0.122. The van der Waals surface area contributed by atoms with Crippen molar-refractivity contribution >= 4 is 27.1 Å². The second-order valence-electron chi connectivity index (χ2n) is 11.2. The van der Waals surface area contributed by atoms with Gasteiger partial charge in [-0.2, -0.15) is 0 Å². The number of hydrogen-bond donors (Lipinski definition) is 2. The molecule has 0 aliphatic carbocycles. The number of carbonyl (C=O) groups excluding carboxylic acids is 1. The maximum atomic E-state index is 16.0. The molecule has 0 bridgehead atoms. The Labute approximate surface area is 237 Å². The van der Waals surface area contributed by atoms with Crippen molar-refractivity contribution in [3.8, 4) is 11.5 Å². The summed E-state index contributed by atoms with van der Waals surface area (Å²) < 4.78 is 64.6. The third-order valence-electron chi connectivity index (χ3n) is 7.01. The standard InChI is InChI=1S/C31H30F2N2O5S/c1-18(2)16-40-19-12-13-20(23(33)14-19)28-29-24(15-31(3,4)17-41(29,38)39)34-27-25(10-7-11-26(27)36)35(28)30(37)21-8-5-6-9-22(21)32/h5-14,28,34,36H,1,15-17H2,2-4H3. The van der Waals surface area contributed by atoms with Gasteiger partial charge in [0.05, 0.1) is 21.9 Å². The number of amides is 1. The van der Waals surface area contributed by atoms with Crippen LogP contribution in [0.3, 0.4) is 0 Å². The number of halogens is 2. The van der Waals surface area contributed by atoms with Gasteiger partial charge < -0.3 is 15.2 Å². The molecule has 2 heterocycles. The highest BCUT2D eigenvalue weighted by Crippen LogP contribution is 2.52. The number of benzene rings is 3. The van der Waals surface area contributed by atoms with E-state index in [2.05, 4.69) is 11.9 Å². The number of phenols is 1. The van der Waals surface area contributed by atoms with Gasteiger partial charge in [-0.1, -0.05) is 38.6 Å². The van der Waals surface area contributed by atoms with Gasteiger partial charge in [0.1, 0.15) is 41.5 Å². The average Bonchev–Trinajstić information content (AvgIpc) is 3.02. The highest BCUT2D eigenvalue weighted by atomic mass is 32.2. The first-order valence-corrected chi connectivity index (χ1v) is 14.6. The fourth-order valence-corrected chi connectivity index (χ4v) is 7.76. The summed E-state index contributed by atoms with van der Waals surface area (Å²) in [6.45, 7) is 9.25. The fraction of sp³-hybridized carbons (Fsp3) is 0.258. The lowest BCUT2D eigenvalue weighted by Gasteiger charge is -2.37. The molecule has 0 fully saturated rings. The zero-order valence-corrected chi connectivity index (χ0v) is 23.7. The number of ether oxygens (including phenoxy) is 1. The van der Waals surface area contributed by atoms with E-state index in [1.807, 2.05) is 0 Å². The number of phenolic OH excluding ortho intramolecular Hbond substituents is 1. The van der Waals surface area contributed by atoms with Crippen LogP contribution in [0.2, 0.25) is 0 Å². The Balaban J connectivity index is 1.83. The second kappa shape index (κ2) is 10.3. The van der Waals surface area contributed by atoms with Crippen molar-refractivity contribution in [2.75, 3.05) is 22.6 Å². The van der Waals surface area contributed by atoms with Gasteiger partial charge in [-0.3, -0.25) is 9.69 Å². The normalized spacial score (nSPS) is 19.0. The predicted molar refractivity (Wildman–Crippen MR) is 154 cm³/mol. The molecule has 0 aromatic heterocycles. The first-order valence-electron chi connectivity index (χ1n) is 13.0. The molecule has 2 aliphatic heterocycles. The topological polar surface area (TPSA) is 95.9 Å². The van der Waals surface area contributed by atoms with Crippen LogP contribution >= 0.6 is 0 Å². The van der Waals surface area contributed by atoms with Crippen LogP contribution < -0.4 is 15.0 Å². The molecule has 7 nitrogen and oxygen atoms in total. The molecule has 3 aromatic rings. The van der Waals surface area contributed by atoms with E-state index in [0.717, 1.165) is 17.0 Å². The number of nitrogens with one attached hydrogen (secondary N) is 1. The number of carbonyl (C=O) groups is 1. The number of aromatic hydroxyl groups is 1. The highest BCUT2D eigenvalue weighted by molar-refractivity contribution is 7.95. The molecule has 3 aromatic carbocycles. The SMILES string of the molecule is C=C(C)COc1ccc(C2C3=C(CC(C)(C)CS3(=O)=O)Nc3c(O)cccc3N2C(=O)c2ccccc2F)c(F)c1. The number of hydrogen-bond acceptors (Lipinski definition) is 6. The number of sulfone groups is 1. The van der Waals surface area contributed by atoms with Crippen molar-refractivity contribution < 1.29 is 31.8 Å². The van der Waals surface area contributed by atoms with Gasteiger partial charge in [0.15, 0.2) is 9.84 Å². The number of nitrogens with zero attached hydrogens (tertiary/aromatic N) is 1. The van der Waals surface area contributed by atoms with E-state index in [-0.39, 0.29) is 63.4 Å². The van der Waals surface area contributed by atoms with Gasteiger partial charge in [-0.15, -0.1) is 0 Å². The van der Waals surface area contributed by atoms with Crippen molar-refractivity contribution in [1.29, 1.82) is 0 Å². The number of fused-ring (bicyclic) bond motifs is 1. The Morgan fingerprint density at radius 2 is 1.85 bits per heavy atom. The van der Waals surface area contributed by atoms with Crippen molar-refractivity contribution in [3.63, 3.8) is 0 Å². The lowest BCUT2D eigenvalue weighted by atomic mass is 9.88. The molecule has 1 unspecified atom stereocenters. The Morgan fingerprint density at radius 1 is 1.12 bits per heavy atom. The lowest BCUT2D eigenvalue weighted by Crippen LogP contribution is -2.41. The molecule has 0 spiro atoms. The number of para-hydroxylation sites is 1. The van der Waals surface area contributed by atoms with Gasteiger partial charge in [0, 0.05) is 17.3 Å². The van der Waals surface area contributed by atoms with Crippen molar-refractivity contribution in [2.24, 2.45) is 5.41 Å². The summed E-state index contributed by atoms with van der Waals surface area (Å²) in [7, 11) is -4.11. The molecule has 0 radical (unpaired) electrons. The van der Waals surface area contributed by atoms with Gasteiger partial charge in [-0.25, -0.2) is 17.2 Å². The summed E-state index contributed by atoms with van der Waals surface area (Å²) in [6, 6.07) is 12.1. The monoisotopic (exact) mass is 580 g/mol. The molecular weight excluding hydrogens is 550 g/mol. The van der Waals surface area contributed by atoms with Crippen LogP contribution in [0, 0.1) is 17.0 Å². The lowest BCUT2D eigenvalue weighted by molar-refractivity contribution is 0.0976. The minimum atomic E-state index is -4.11. The zero-order chi connectivity index (χ0) is 29.7. The van der Waals surface area contributed by atoms with Gasteiger partial charge in [0.25, 0.3) is 5.91 Å². The molecule has 0 saturated heterocycles. The van der Waals surface area contributed by atoms with Crippen LogP contribution in [0.15, 0.2) is 83.4 Å². The molecule has 41 heavy (non-hydrogen) atoms. The molecule has 1 atom stereocenters. The minimum Gasteiger partial charge on any atom is -0.506 e. The number of anilines is 2. The first kappa shape index (κ1) is 28.4. The average molecular weight is 581 g/mol. The van der Waals surface area contributed by atoms with Crippen molar-refractivity contribution in [3.05, 3.63) is 106 Å². The van der Waals surface area contributed by atoms with E-state index in [4.69, 9.17) is 4.74 Å². The molecule has 214 valence electrons. The molecular formula is C31H30F2N2O5S. The molecule has 10 heteroatoms. The molecule has 2 N–H and O–H groups in total. The highest BCUT2D eigenvalue weighted by Gasteiger charge is 2.48. The smallest absolute Gasteiger partial charge is 0.262 e. The summed E-state index contributed by atoms with van der Waals surface area (Å²) in [4.78, 5) is 15.0. The van der Waals surface area contributed by atoms with Crippen LogP contribution in [0.5, 0.6) is 11.5 Å². The molecule has 2 aliphatic rings. The van der Waals surface area contributed by atoms with E-state index in [9.17, 15) is 18.3 Å². The Morgan fingerprint density at radius 3 is 2.54 bits per heavy atom. The molecule has 1 amide bonds. The fourth-order valence-electron chi connectivity index (χ4n) is 5.40. The maximum absolute atomic E-state index is 16.0. The van der Waals surface area contributed by atoms with Crippen LogP contribution in [-0.2, 0) is 9.84 Å². The summed E-state index contributed by atoms with van der Waals surface area (Å²) >= 11 is 0. The summed E-state index contributed by atoms with van der Waals surface area (Å²) in [5, 5.41) is 13.9. The van der Waals surface area contributed by atoms with Crippen LogP contribution in [0.4, 0.5) is 20.2 Å². The van der Waals surface area contributed by atoms with E-state index in [1.165, 1.54) is 48.5 Å². The van der Waals surface area contributed by atoms with Crippen LogP contribution in [0.1, 0.15) is 49.2 Å². The predicted octanol–water partition coefficient (Wildman–Crippen LogP) is 6.50. The Kier molecular flexibility index (Phi) is 7.15. The number of allylic oxidation sites excluding steroid dienone is 1. The van der Waals surface area contributed by atoms with Gasteiger partial charge in [0.2, 0.25) is 0 Å². The molecule has 5 rings (SSSR count). The Hall–Kier alpha value is -4.18. The van der Waals surface area contributed by atoms with Crippen molar-refractivity contribution in [1.82, 2.24) is 0 Å². The van der Waals surface area contributed by atoms with E-state index in [1.54, 1.807) is 20.8 Å². The third-order valence-corrected chi connectivity index (χ3v) is 9.31. The first-order chi connectivity index (χ1) is 19.3. The van der Waals surface area contributed by atoms with E-state index in [0.29, 0.717) is 5.57 Å². The maximum Gasteiger partial charge on any atom is 0.262 e. The number of rotatable bonds is 5. The van der Waals surface area contributed by atoms with Crippen LogP contribution in [0.25, 0.3) is 0 Å². The third kappa shape index (κ3) is 5.31. The van der Waals surface area contributed by atoms with Crippen LogP contribution in [-0.4, -0.2) is 31.8 Å². The summed E-state index contributed by atoms with van der Waals surface area (Å²) in [5.74, 6) is -2.89. The Bertz CT molecular complexity index is 1720. The van der Waals surface area contributed by atoms with E-state index >= 15 is 8.78 Å². The van der Waals surface area contributed by atoms with Gasteiger partial charge >= 0.3 is 0 Å². The van der Waals surface area contributed by atoms with E-state index < -0.39 is 38.8 Å². The van der Waals surface area contributed by atoms with Gasteiger partial charge in [-0.05, 0) is 60.7 Å². The quantitative estimate of drug-likeness (QED) is 0.264. The summed E-state index contributed by atoms with van der Waals surface area (Å²) in [6.07, 6.45) is 0.231. The van der Waals surface area contributed by atoms with Crippen molar-refractivity contribution in [2.45, 2.75) is 33.2 Å². The minimum absolute atomic E-state index is 0.0573. The molecule has 0 saturated carbocycles. The second-order valence-corrected chi connectivity index (χ2v) is 13.2. The zero-order valence-electron chi connectivity index (χ0n) is 22.9.